The van der Waals surface area contributed by atoms with E-state index in [1.807, 2.05) is 18.2 Å². The number of nitrogen functional groups attached to an aromatic ring is 1. The van der Waals surface area contributed by atoms with Gasteiger partial charge in [-0.1, -0.05) is 0 Å². The summed E-state index contributed by atoms with van der Waals surface area (Å²) in [6.45, 7) is 3.15. The first-order valence-electron chi connectivity index (χ1n) is 6.71. The molecule has 1 atom stereocenters. The summed E-state index contributed by atoms with van der Waals surface area (Å²) in [7, 11) is 2.15. The number of aliphatic hydroxyl groups is 1. The van der Waals surface area contributed by atoms with Crippen LogP contribution in [0.2, 0.25) is 0 Å². The van der Waals surface area contributed by atoms with Gasteiger partial charge in [0.15, 0.2) is 0 Å². The standard InChI is InChI=1S/C14H20N4O/c1-17-5-4-10(7-17)8-18-13-3-2-11(15)6-12(13)16-14(18)9-19/h2-3,6,10,19H,4-5,7-9,15H2,1H3. The van der Waals surface area contributed by atoms with E-state index in [1.54, 1.807) is 0 Å². The van der Waals surface area contributed by atoms with Crippen LogP contribution in [0.4, 0.5) is 5.69 Å². The zero-order chi connectivity index (χ0) is 13.4. The van der Waals surface area contributed by atoms with Gasteiger partial charge in [-0.15, -0.1) is 0 Å². The summed E-state index contributed by atoms with van der Waals surface area (Å²) in [5.41, 5.74) is 8.43. The van der Waals surface area contributed by atoms with Gasteiger partial charge < -0.3 is 20.3 Å². The van der Waals surface area contributed by atoms with Gasteiger partial charge in [0.1, 0.15) is 12.4 Å². The van der Waals surface area contributed by atoms with Crippen molar-refractivity contribution in [3.63, 3.8) is 0 Å². The maximum atomic E-state index is 9.49. The fraction of sp³-hybridized carbons (Fsp3) is 0.500. The molecule has 2 aromatic rings. The highest BCUT2D eigenvalue weighted by molar-refractivity contribution is 5.79. The molecule has 0 amide bonds. The predicted octanol–water partition coefficient (Wildman–Crippen LogP) is 1.06. The molecule has 3 N–H and O–H groups in total. The molecule has 0 spiro atoms. The average Bonchev–Trinajstić information content (AvgIpc) is 2.94. The lowest BCUT2D eigenvalue weighted by molar-refractivity contribution is 0.262. The van der Waals surface area contributed by atoms with E-state index < -0.39 is 0 Å². The van der Waals surface area contributed by atoms with Gasteiger partial charge in [0.25, 0.3) is 0 Å². The maximum Gasteiger partial charge on any atom is 0.135 e. The minimum atomic E-state index is -0.0306. The third-order valence-corrected chi connectivity index (χ3v) is 3.92. The molecule has 1 unspecified atom stereocenters. The normalized spacial score (nSPS) is 20.4. The molecule has 19 heavy (non-hydrogen) atoms. The highest BCUT2D eigenvalue weighted by Crippen LogP contribution is 2.23. The number of aliphatic hydroxyl groups excluding tert-OH is 1. The van der Waals surface area contributed by atoms with E-state index in [4.69, 9.17) is 5.73 Å². The largest absolute Gasteiger partial charge is 0.399 e. The molecule has 5 heteroatoms. The summed E-state index contributed by atoms with van der Waals surface area (Å²) < 4.78 is 2.14. The first kappa shape index (κ1) is 12.4. The number of likely N-dealkylation sites (tertiary alicyclic amines) is 1. The van der Waals surface area contributed by atoms with Crippen molar-refractivity contribution in [3.05, 3.63) is 24.0 Å². The molecule has 2 heterocycles. The molecule has 0 bridgehead atoms. The predicted molar refractivity (Wildman–Crippen MR) is 75.7 cm³/mol. The second-order valence-corrected chi connectivity index (χ2v) is 5.46. The van der Waals surface area contributed by atoms with Gasteiger partial charge in [0, 0.05) is 18.8 Å². The summed E-state index contributed by atoms with van der Waals surface area (Å²) in [6, 6.07) is 5.75. The Morgan fingerprint density at radius 3 is 3.00 bits per heavy atom. The molecule has 0 radical (unpaired) electrons. The molecule has 5 nitrogen and oxygen atoms in total. The summed E-state index contributed by atoms with van der Waals surface area (Å²) in [4.78, 5) is 6.82. The zero-order valence-corrected chi connectivity index (χ0v) is 11.2. The van der Waals surface area contributed by atoms with E-state index in [0.29, 0.717) is 11.6 Å². The lowest BCUT2D eigenvalue weighted by atomic mass is 10.1. The Morgan fingerprint density at radius 2 is 2.32 bits per heavy atom. The van der Waals surface area contributed by atoms with Crippen LogP contribution in [0, 0.1) is 5.92 Å². The number of hydrogen-bond acceptors (Lipinski definition) is 4. The van der Waals surface area contributed by atoms with E-state index in [2.05, 4.69) is 21.5 Å². The Hall–Kier alpha value is -1.59. The average molecular weight is 260 g/mol. The van der Waals surface area contributed by atoms with Crippen molar-refractivity contribution in [1.29, 1.82) is 0 Å². The maximum absolute atomic E-state index is 9.49. The van der Waals surface area contributed by atoms with Crippen molar-refractivity contribution >= 4 is 16.7 Å². The highest BCUT2D eigenvalue weighted by atomic mass is 16.3. The Balaban J connectivity index is 1.96. The number of nitrogens with two attached hydrogens (primary N) is 1. The van der Waals surface area contributed by atoms with Crippen LogP contribution in [-0.4, -0.2) is 39.7 Å². The summed E-state index contributed by atoms with van der Waals surface area (Å²) in [5.74, 6) is 1.36. The highest BCUT2D eigenvalue weighted by Gasteiger charge is 2.22. The van der Waals surface area contributed by atoms with Crippen molar-refractivity contribution in [1.82, 2.24) is 14.5 Å². The van der Waals surface area contributed by atoms with E-state index in [0.717, 1.165) is 36.5 Å². The number of fused-ring (bicyclic) bond motifs is 1. The summed E-state index contributed by atoms with van der Waals surface area (Å²) >= 11 is 0. The number of benzene rings is 1. The van der Waals surface area contributed by atoms with Crippen LogP contribution < -0.4 is 5.73 Å². The van der Waals surface area contributed by atoms with E-state index in [1.165, 1.54) is 6.42 Å². The van der Waals surface area contributed by atoms with Gasteiger partial charge in [0.05, 0.1) is 11.0 Å². The lowest BCUT2D eigenvalue weighted by Gasteiger charge is -2.14. The molecule has 102 valence electrons. The van der Waals surface area contributed by atoms with Crippen molar-refractivity contribution in [2.75, 3.05) is 25.9 Å². The second kappa shape index (κ2) is 4.83. The summed E-state index contributed by atoms with van der Waals surface area (Å²) in [5, 5.41) is 9.49. The molecule has 1 aliphatic rings. The second-order valence-electron chi connectivity index (χ2n) is 5.46. The van der Waals surface area contributed by atoms with Crippen LogP contribution in [0.1, 0.15) is 12.2 Å². The third kappa shape index (κ3) is 2.31. The molecule has 1 aromatic heterocycles. The first-order chi connectivity index (χ1) is 9.17. The van der Waals surface area contributed by atoms with Crippen molar-refractivity contribution in [2.24, 2.45) is 5.92 Å². The SMILES string of the molecule is CN1CCC(Cn2c(CO)nc3cc(N)ccc32)C1. The van der Waals surface area contributed by atoms with Gasteiger partial charge in [0.2, 0.25) is 0 Å². The smallest absolute Gasteiger partial charge is 0.135 e. The quantitative estimate of drug-likeness (QED) is 0.810. The minimum Gasteiger partial charge on any atom is -0.399 e. The van der Waals surface area contributed by atoms with Crippen molar-refractivity contribution in [3.8, 4) is 0 Å². The lowest BCUT2D eigenvalue weighted by Crippen LogP contribution is -2.18. The van der Waals surface area contributed by atoms with Crippen LogP contribution in [0.5, 0.6) is 0 Å². The number of anilines is 1. The van der Waals surface area contributed by atoms with Gasteiger partial charge in [-0.25, -0.2) is 4.98 Å². The topological polar surface area (TPSA) is 67.3 Å². The fourth-order valence-corrected chi connectivity index (χ4v) is 2.95. The van der Waals surface area contributed by atoms with Gasteiger partial charge in [-0.05, 0) is 44.1 Å². The van der Waals surface area contributed by atoms with Crippen LogP contribution in [0.25, 0.3) is 11.0 Å². The van der Waals surface area contributed by atoms with Crippen molar-refractivity contribution in [2.45, 2.75) is 19.6 Å². The van der Waals surface area contributed by atoms with Gasteiger partial charge >= 0.3 is 0 Å². The number of aromatic nitrogens is 2. The fourth-order valence-electron chi connectivity index (χ4n) is 2.95. The zero-order valence-electron chi connectivity index (χ0n) is 11.2. The van der Waals surface area contributed by atoms with Gasteiger partial charge in [-0.2, -0.15) is 0 Å². The molecular formula is C14H20N4O. The minimum absolute atomic E-state index is 0.0306. The Morgan fingerprint density at radius 1 is 1.47 bits per heavy atom. The number of rotatable bonds is 3. The van der Waals surface area contributed by atoms with E-state index in [9.17, 15) is 5.11 Å². The summed E-state index contributed by atoms with van der Waals surface area (Å²) in [6.07, 6.45) is 1.20. The number of imidazole rings is 1. The molecule has 0 saturated carbocycles. The van der Waals surface area contributed by atoms with E-state index in [-0.39, 0.29) is 6.61 Å². The molecule has 1 saturated heterocycles. The van der Waals surface area contributed by atoms with Crippen molar-refractivity contribution < 1.29 is 5.11 Å². The Labute approximate surface area is 112 Å². The van der Waals surface area contributed by atoms with Gasteiger partial charge in [-0.3, -0.25) is 0 Å². The Bertz CT molecular complexity index is 592. The number of hydrogen-bond donors (Lipinski definition) is 2. The first-order valence-corrected chi connectivity index (χ1v) is 6.71. The molecule has 1 fully saturated rings. The molecular weight excluding hydrogens is 240 g/mol. The van der Waals surface area contributed by atoms with Crippen LogP contribution in [-0.2, 0) is 13.2 Å². The molecule has 1 aromatic carbocycles. The van der Waals surface area contributed by atoms with E-state index >= 15 is 0 Å². The molecule has 3 rings (SSSR count). The number of nitrogens with zero attached hydrogens (tertiary/aromatic N) is 3. The molecule has 0 aliphatic carbocycles. The third-order valence-electron chi connectivity index (χ3n) is 3.92. The monoisotopic (exact) mass is 260 g/mol. The van der Waals surface area contributed by atoms with Crippen LogP contribution >= 0.6 is 0 Å². The Kier molecular flexibility index (Phi) is 3.16. The van der Waals surface area contributed by atoms with Crippen LogP contribution in [0.15, 0.2) is 18.2 Å². The molecule has 1 aliphatic heterocycles. The van der Waals surface area contributed by atoms with Crippen LogP contribution in [0.3, 0.4) is 0 Å².